The first-order valence-corrected chi connectivity index (χ1v) is 14.8. The van der Waals surface area contributed by atoms with Crippen molar-refractivity contribution < 1.29 is 14.3 Å². The molecule has 4 rings (SSSR count). The van der Waals surface area contributed by atoms with Gasteiger partial charge in [0.15, 0.2) is 0 Å². The molecule has 0 saturated carbocycles. The lowest BCUT2D eigenvalue weighted by molar-refractivity contribution is 0.152. The summed E-state index contributed by atoms with van der Waals surface area (Å²) in [5.74, 6) is 2.18. The van der Waals surface area contributed by atoms with Crippen LogP contribution in [0.25, 0.3) is 0 Å². The van der Waals surface area contributed by atoms with Crippen LogP contribution in [0.1, 0.15) is 86.5 Å². The second-order valence-electron chi connectivity index (χ2n) is 10.6. The number of aryl methyl sites for hydroxylation is 2. The minimum Gasteiger partial charge on any atom is -0.395 e. The molecular formula is C37H42O3. The Bertz CT molecular complexity index is 1160. The van der Waals surface area contributed by atoms with E-state index in [2.05, 4.69) is 74.5 Å². The monoisotopic (exact) mass is 534 g/mol. The zero-order chi connectivity index (χ0) is 28.0. The Labute approximate surface area is 240 Å². The van der Waals surface area contributed by atoms with Crippen molar-refractivity contribution in [3.63, 3.8) is 0 Å². The zero-order valence-corrected chi connectivity index (χ0v) is 23.9. The third kappa shape index (κ3) is 9.12. The van der Waals surface area contributed by atoms with Gasteiger partial charge < -0.3 is 9.47 Å². The number of hydrogen-bond donors (Lipinski definition) is 0. The highest BCUT2D eigenvalue weighted by atomic mass is 16.7. The third-order valence-electron chi connectivity index (χ3n) is 7.81. The molecule has 0 fully saturated rings. The summed E-state index contributed by atoms with van der Waals surface area (Å²) in [6.07, 6.45) is 8.16. The van der Waals surface area contributed by atoms with Crippen LogP contribution in [-0.4, -0.2) is 6.16 Å². The molecule has 2 unspecified atom stereocenters. The third-order valence-corrected chi connectivity index (χ3v) is 7.81. The summed E-state index contributed by atoms with van der Waals surface area (Å²) in [6.45, 7) is 4.51. The Kier molecular flexibility index (Phi) is 11.4. The van der Waals surface area contributed by atoms with Crippen LogP contribution in [0.15, 0.2) is 109 Å². The first-order valence-electron chi connectivity index (χ1n) is 14.8. The van der Waals surface area contributed by atoms with E-state index in [1.165, 1.54) is 22.3 Å². The van der Waals surface area contributed by atoms with Gasteiger partial charge in [0.05, 0.1) is 0 Å². The van der Waals surface area contributed by atoms with E-state index in [0.29, 0.717) is 23.3 Å². The predicted octanol–water partition coefficient (Wildman–Crippen LogP) is 10.3. The molecule has 0 spiro atoms. The average molecular weight is 535 g/mol. The van der Waals surface area contributed by atoms with E-state index in [0.717, 1.165) is 51.4 Å². The lowest BCUT2D eigenvalue weighted by atomic mass is 9.90. The van der Waals surface area contributed by atoms with Gasteiger partial charge >= 0.3 is 6.16 Å². The molecule has 4 aromatic rings. The van der Waals surface area contributed by atoms with Gasteiger partial charge in [-0.3, -0.25) is 0 Å². The van der Waals surface area contributed by atoms with Crippen molar-refractivity contribution in [1.29, 1.82) is 0 Å². The normalized spacial score (nSPS) is 12.4. The second kappa shape index (κ2) is 15.7. The standard InChI is InChI=1S/C37H42O3/c1-3-31(33-15-7-5-8-16-33)19-11-13-29-21-25-35(26-22-29)39-37(38)40-36-27-23-30(24-28-36)14-12-20-32(4-2)34-17-9-6-10-18-34/h5-10,15-18,21-28,31-32H,3-4,11-14,19-20H2,1-2H3. The van der Waals surface area contributed by atoms with Crippen LogP contribution >= 0.6 is 0 Å². The van der Waals surface area contributed by atoms with E-state index in [1.54, 1.807) is 0 Å². The summed E-state index contributed by atoms with van der Waals surface area (Å²) in [5, 5.41) is 0. The van der Waals surface area contributed by atoms with Crippen LogP contribution in [0.3, 0.4) is 0 Å². The van der Waals surface area contributed by atoms with Gasteiger partial charge in [0, 0.05) is 0 Å². The number of carbonyl (C=O) groups excluding carboxylic acids is 1. The van der Waals surface area contributed by atoms with Gasteiger partial charge in [0.25, 0.3) is 0 Å². The maximum absolute atomic E-state index is 12.3. The van der Waals surface area contributed by atoms with Crippen LogP contribution in [-0.2, 0) is 12.8 Å². The second-order valence-corrected chi connectivity index (χ2v) is 10.6. The Morgan fingerprint density at radius 3 is 1.27 bits per heavy atom. The number of rotatable bonds is 14. The minimum atomic E-state index is -0.720. The molecule has 4 aromatic carbocycles. The zero-order valence-electron chi connectivity index (χ0n) is 23.9. The van der Waals surface area contributed by atoms with Gasteiger partial charge in [-0.15, -0.1) is 0 Å². The van der Waals surface area contributed by atoms with Gasteiger partial charge in [0.2, 0.25) is 0 Å². The molecule has 0 aliphatic heterocycles. The lowest BCUT2D eigenvalue weighted by Crippen LogP contribution is -2.13. The van der Waals surface area contributed by atoms with E-state index in [1.807, 2.05) is 48.5 Å². The van der Waals surface area contributed by atoms with Crippen molar-refractivity contribution >= 4 is 6.16 Å². The van der Waals surface area contributed by atoms with Crippen LogP contribution in [0.4, 0.5) is 4.79 Å². The summed E-state index contributed by atoms with van der Waals surface area (Å²) < 4.78 is 10.8. The van der Waals surface area contributed by atoms with Crippen molar-refractivity contribution in [3.8, 4) is 11.5 Å². The molecule has 0 saturated heterocycles. The Hall–Kier alpha value is -3.85. The van der Waals surface area contributed by atoms with Crippen LogP contribution in [0.5, 0.6) is 11.5 Å². The Morgan fingerprint density at radius 1 is 0.550 bits per heavy atom. The quantitative estimate of drug-likeness (QED) is 0.119. The van der Waals surface area contributed by atoms with Crippen molar-refractivity contribution in [1.82, 2.24) is 0 Å². The number of ether oxygens (including phenoxy) is 2. The maximum Gasteiger partial charge on any atom is 0.519 e. The van der Waals surface area contributed by atoms with Crippen molar-refractivity contribution in [3.05, 3.63) is 131 Å². The highest BCUT2D eigenvalue weighted by Gasteiger charge is 2.11. The average Bonchev–Trinajstić information content (AvgIpc) is 3.00. The van der Waals surface area contributed by atoms with E-state index in [-0.39, 0.29) is 0 Å². The fourth-order valence-corrected chi connectivity index (χ4v) is 5.43. The van der Waals surface area contributed by atoms with Crippen LogP contribution in [0.2, 0.25) is 0 Å². The van der Waals surface area contributed by atoms with Crippen molar-refractivity contribution in [2.75, 3.05) is 0 Å². The summed E-state index contributed by atoms with van der Waals surface area (Å²) in [7, 11) is 0. The number of benzene rings is 4. The number of hydrogen-bond acceptors (Lipinski definition) is 3. The van der Waals surface area contributed by atoms with Gasteiger partial charge in [-0.05, 0) is 110 Å². The van der Waals surface area contributed by atoms with Crippen LogP contribution < -0.4 is 9.47 Å². The highest BCUT2D eigenvalue weighted by molar-refractivity contribution is 5.67. The molecule has 2 atom stereocenters. The smallest absolute Gasteiger partial charge is 0.395 e. The van der Waals surface area contributed by atoms with Gasteiger partial charge in [-0.2, -0.15) is 0 Å². The van der Waals surface area contributed by atoms with Gasteiger partial charge in [-0.25, -0.2) is 4.79 Å². The fraction of sp³-hybridized carbons (Fsp3) is 0.324. The summed E-state index contributed by atoms with van der Waals surface area (Å²) in [6, 6.07) is 37.0. The summed E-state index contributed by atoms with van der Waals surface area (Å²) in [4.78, 5) is 12.3. The largest absolute Gasteiger partial charge is 0.519 e. The molecule has 40 heavy (non-hydrogen) atoms. The molecule has 0 amide bonds. The fourth-order valence-electron chi connectivity index (χ4n) is 5.43. The molecule has 0 bridgehead atoms. The van der Waals surface area contributed by atoms with E-state index >= 15 is 0 Å². The predicted molar refractivity (Wildman–Crippen MR) is 164 cm³/mol. The SMILES string of the molecule is CCC(CCCc1ccc(OC(=O)Oc2ccc(CCCC(CC)c3ccccc3)cc2)cc1)c1ccccc1. The van der Waals surface area contributed by atoms with E-state index in [9.17, 15) is 4.79 Å². The first kappa shape index (κ1) is 29.1. The van der Waals surface area contributed by atoms with E-state index < -0.39 is 6.16 Å². The van der Waals surface area contributed by atoms with E-state index in [4.69, 9.17) is 9.47 Å². The molecular weight excluding hydrogens is 492 g/mol. The first-order chi connectivity index (χ1) is 19.6. The molecule has 0 heterocycles. The van der Waals surface area contributed by atoms with Crippen molar-refractivity contribution in [2.45, 2.75) is 77.0 Å². The lowest BCUT2D eigenvalue weighted by Gasteiger charge is -2.15. The Balaban J connectivity index is 1.17. The summed E-state index contributed by atoms with van der Waals surface area (Å²) in [5.41, 5.74) is 5.33. The molecule has 3 nitrogen and oxygen atoms in total. The van der Waals surface area contributed by atoms with Gasteiger partial charge in [-0.1, -0.05) is 98.8 Å². The minimum absolute atomic E-state index is 0.491. The molecule has 0 aromatic heterocycles. The molecule has 0 radical (unpaired) electrons. The van der Waals surface area contributed by atoms with Crippen molar-refractivity contribution in [2.24, 2.45) is 0 Å². The Morgan fingerprint density at radius 2 is 0.925 bits per heavy atom. The molecule has 0 aliphatic carbocycles. The molecule has 3 heteroatoms. The van der Waals surface area contributed by atoms with Crippen LogP contribution in [0, 0.1) is 0 Å². The summed E-state index contributed by atoms with van der Waals surface area (Å²) >= 11 is 0. The maximum atomic E-state index is 12.3. The molecule has 0 N–H and O–H groups in total. The number of carbonyl (C=O) groups is 1. The topological polar surface area (TPSA) is 35.5 Å². The molecule has 0 aliphatic rings. The highest BCUT2D eigenvalue weighted by Crippen LogP contribution is 2.27. The molecule has 208 valence electrons. The van der Waals surface area contributed by atoms with Gasteiger partial charge in [0.1, 0.15) is 11.5 Å².